The third-order valence-electron chi connectivity index (χ3n) is 10.7. The van der Waals surface area contributed by atoms with E-state index in [-0.39, 0.29) is 29.4 Å². The van der Waals surface area contributed by atoms with Crippen molar-refractivity contribution in [1.29, 1.82) is 0 Å². The molecule has 198 valence electrons. The van der Waals surface area contributed by atoms with E-state index >= 15 is 0 Å². The van der Waals surface area contributed by atoms with Crippen molar-refractivity contribution in [3.05, 3.63) is 0 Å². The fourth-order valence-corrected chi connectivity index (χ4v) is 9.11. The zero-order valence-corrected chi connectivity index (χ0v) is 22.1. The van der Waals surface area contributed by atoms with Gasteiger partial charge >= 0.3 is 0 Å². The molecule has 4 N–H and O–H groups in total. The first-order chi connectivity index (χ1) is 17.0. The van der Waals surface area contributed by atoms with Gasteiger partial charge in [-0.1, -0.05) is 45.4 Å². The van der Waals surface area contributed by atoms with Crippen LogP contribution < -0.4 is 16.4 Å². The molecule has 6 nitrogen and oxygen atoms in total. The number of nitrogens with one attached hydrogen (secondary N) is 2. The monoisotopic (exact) mass is 486 g/mol. The fraction of sp³-hybridized carbons (Fsp3) is 0.931. The number of carbonyl (C=O) groups is 2. The molecule has 35 heavy (non-hydrogen) atoms. The Morgan fingerprint density at radius 2 is 1.54 bits per heavy atom. The summed E-state index contributed by atoms with van der Waals surface area (Å²) in [6, 6.07) is 0.750. The van der Waals surface area contributed by atoms with Crippen LogP contribution in [0.15, 0.2) is 0 Å². The number of rotatable bonds is 6. The summed E-state index contributed by atoms with van der Waals surface area (Å²) in [6.07, 6.45) is 19.8. The van der Waals surface area contributed by atoms with Crippen molar-refractivity contribution in [3.8, 4) is 0 Å². The normalized spacial score (nSPS) is 40.1. The summed E-state index contributed by atoms with van der Waals surface area (Å²) in [5, 5.41) is 7.54. The van der Waals surface area contributed by atoms with Crippen LogP contribution in [-0.2, 0) is 9.59 Å². The Bertz CT molecular complexity index is 737. The second-order valence-electron chi connectivity index (χ2n) is 12.7. The van der Waals surface area contributed by atoms with Gasteiger partial charge in [0.05, 0.1) is 6.04 Å². The average molecular weight is 487 g/mol. The lowest BCUT2D eigenvalue weighted by atomic mass is 9.59. The molecule has 5 rings (SSSR count). The van der Waals surface area contributed by atoms with Gasteiger partial charge in [0.15, 0.2) is 0 Å². The predicted octanol–water partition coefficient (Wildman–Crippen LogP) is 4.26. The summed E-state index contributed by atoms with van der Waals surface area (Å²) < 4.78 is 0. The van der Waals surface area contributed by atoms with E-state index < -0.39 is 0 Å². The number of carbonyl (C=O) groups excluding carboxylic acids is 2. The van der Waals surface area contributed by atoms with Crippen LogP contribution >= 0.6 is 0 Å². The molecular formula is C29H50N4O2. The summed E-state index contributed by atoms with van der Waals surface area (Å²) in [5.41, 5.74) is 5.79. The number of hydrogen-bond donors (Lipinski definition) is 3. The molecule has 0 spiro atoms. The van der Waals surface area contributed by atoms with Gasteiger partial charge in [-0.15, -0.1) is 0 Å². The van der Waals surface area contributed by atoms with E-state index in [4.69, 9.17) is 5.73 Å². The van der Waals surface area contributed by atoms with Crippen molar-refractivity contribution in [3.63, 3.8) is 0 Å². The van der Waals surface area contributed by atoms with Gasteiger partial charge in [-0.05, 0) is 88.5 Å². The van der Waals surface area contributed by atoms with Crippen molar-refractivity contribution in [1.82, 2.24) is 15.5 Å². The molecule has 2 bridgehead atoms. The minimum atomic E-state index is -0.0483. The van der Waals surface area contributed by atoms with Gasteiger partial charge in [0.2, 0.25) is 11.8 Å². The SMILES string of the molecule is CC1CCCC2CC(C(=O)N[C@@H]3C[C@H]4CC[C@@H](C3)N4C(=O)CCCN)NC12C1CCCCCCC1. The third-order valence-corrected chi connectivity index (χ3v) is 10.7. The number of piperidine rings is 1. The van der Waals surface area contributed by atoms with Crippen LogP contribution in [0.25, 0.3) is 0 Å². The number of nitrogens with zero attached hydrogens (tertiary/aromatic N) is 1. The van der Waals surface area contributed by atoms with Crippen molar-refractivity contribution in [2.75, 3.05) is 6.54 Å². The van der Waals surface area contributed by atoms with Crippen molar-refractivity contribution < 1.29 is 9.59 Å². The Hall–Kier alpha value is -1.14. The Kier molecular flexibility index (Phi) is 8.08. The van der Waals surface area contributed by atoms with Crippen LogP contribution in [-0.4, -0.2) is 53.0 Å². The number of fused-ring (bicyclic) bond motifs is 3. The first-order valence-electron chi connectivity index (χ1n) is 15.1. The molecule has 0 aromatic carbocycles. The van der Waals surface area contributed by atoms with Crippen molar-refractivity contribution in [2.45, 2.75) is 146 Å². The largest absolute Gasteiger partial charge is 0.352 e. The van der Waals surface area contributed by atoms with Crippen LogP contribution in [0.5, 0.6) is 0 Å². The van der Waals surface area contributed by atoms with Gasteiger partial charge in [-0.25, -0.2) is 0 Å². The average Bonchev–Trinajstić information content (AvgIpc) is 3.34. The van der Waals surface area contributed by atoms with Gasteiger partial charge < -0.3 is 16.0 Å². The topological polar surface area (TPSA) is 87.5 Å². The molecule has 3 heterocycles. The van der Waals surface area contributed by atoms with Crippen LogP contribution in [0, 0.1) is 17.8 Å². The number of amides is 2. The van der Waals surface area contributed by atoms with Crippen molar-refractivity contribution >= 4 is 11.8 Å². The van der Waals surface area contributed by atoms with Crippen LogP contribution in [0.4, 0.5) is 0 Å². The lowest BCUT2D eigenvalue weighted by Gasteiger charge is -2.51. The highest BCUT2D eigenvalue weighted by Gasteiger charge is 2.56. The number of nitrogens with two attached hydrogens (primary N) is 1. The smallest absolute Gasteiger partial charge is 0.237 e. The zero-order valence-electron chi connectivity index (χ0n) is 22.1. The minimum absolute atomic E-state index is 0.0483. The van der Waals surface area contributed by atoms with Crippen molar-refractivity contribution in [2.24, 2.45) is 23.5 Å². The molecule has 6 heteroatoms. The van der Waals surface area contributed by atoms with E-state index in [1.165, 1.54) is 64.2 Å². The van der Waals surface area contributed by atoms with E-state index in [2.05, 4.69) is 22.5 Å². The standard InChI is InChI=1S/C29H50N4O2/c1-20-9-7-12-22-17-26(32-29(20,22)21-10-5-3-2-4-6-11-21)28(35)31-23-18-24-14-15-25(19-23)33(24)27(34)13-8-16-30/h20-26,32H,2-19,30H2,1H3,(H,31,35)/t20?,22?,23-,24-,25+,26?,29?. The second kappa shape index (κ2) is 11.1. The summed E-state index contributed by atoms with van der Waals surface area (Å²) in [6.45, 7) is 3.04. The molecule has 0 aromatic rings. The molecule has 0 radical (unpaired) electrons. The molecule has 0 aromatic heterocycles. The lowest BCUT2D eigenvalue weighted by Crippen LogP contribution is -2.61. The highest BCUT2D eigenvalue weighted by atomic mass is 16.2. The lowest BCUT2D eigenvalue weighted by molar-refractivity contribution is -0.136. The summed E-state index contributed by atoms with van der Waals surface area (Å²) in [7, 11) is 0. The third kappa shape index (κ3) is 5.03. The Labute approximate surface area is 212 Å². The molecule has 2 saturated carbocycles. The molecule has 3 aliphatic heterocycles. The van der Waals surface area contributed by atoms with Crippen LogP contribution in [0.3, 0.4) is 0 Å². The van der Waals surface area contributed by atoms with Gasteiger partial charge in [0.1, 0.15) is 0 Å². The van der Waals surface area contributed by atoms with Gasteiger partial charge in [0.25, 0.3) is 0 Å². The quantitative estimate of drug-likeness (QED) is 0.523. The van der Waals surface area contributed by atoms with Gasteiger partial charge in [-0.3, -0.25) is 14.9 Å². The molecule has 5 aliphatic rings. The molecule has 7 atom stereocenters. The molecular weight excluding hydrogens is 436 g/mol. The first-order valence-corrected chi connectivity index (χ1v) is 15.1. The van der Waals surface area contributed by atoms with Crippen LogP contribution in [0.2, 0.25) is 0 Å². The molecule has 2 aliphatic carbocycles. The Morgan fingerprint density at radius 3 is 2.23 bits per heavy atom. The number of hydrogen-bond acceptors (Lipinski definition) is 4. The zero-order chi connectivity index (χ0) is 24.4. The minimum Gasteiger partial charge on any atom is -0.352 e. The maximum Gasteiger partial charge on any atom is 0.237 e. The maximum atomic E-state index is 13.6. The van der Waals surface area contributed by atoms with E-state index in [9.17, 15) is 9.59 Å². The van der Waals surface area contributed by atoms with Gasteiger partial charge in [-0.2, -0.15) is 0 Å². The molecule has 2 amide bonds. The predicted molar refractivity (Wildman–Crippen MR) is 140 cm³/mol. The van der Waals surface area contributed by atoms with E-state index in [1.54, 1.807) is 0 Å². The summed E-state index contributed by atoms with van der Waals surface area (Å²) in [4.78, 5) is 28.5. The summed E-state index contributed by atoms with van der Waals surface area (Å²) in [5.74, 6) is 2.51. The van der Waals surface area contributed by atoms with Crippen LogP contribution in [0.1, 0.15) is 116 Å². The Balaban J connectivity index is 1.23. The molecule has 5 fully saturated rings. The highest BCUT2D eigenvalue weighted by Crippen LogP contribution is 2.52. The van der Waals surface area contributed by atoms with Gasteiger partial charge in [0, 0.05) is 30.1 Å². The first kappa shape index (κ1) is 25.5. The van der Waals surface area contributed by atoms with E-state index in [0.29, 0.717) is 36.9 Å². The Morgan fingerprint density at radius 1 is 0.886 bits per heavy atom. The maximum absolute atomic E-state index is 13.6. The summed E-state index contributed by atoms with van der Waals surface area (Å²) >= 11 is 0. The second-order valence-corrected chi connectivity index (χ2v) is 12.7. The van der Waals surface area contributed by atoms with E-state index in [0.717, 1.165) is 44.4 Å². The molecule has 3 saturated heterocycles. The highest BCUT2D eigenvalue weighted by molar-refractivity contribution is 5.83. The van der Waals surface area contributed by atoms with E-state index in [1.807, 2.05) is 0 Å². The molecule has 4 unspecified atom stereocenters. The fourth-order valence-electron chi connectivity index (χ4n) is 9.11.